The summed E-state index contributed by atoms with van der Waals surface area (Å²) in [4.78, 5) is 6.38. The Hall–Kier alpha value is -1.59. The van der Waals surface area contributed by atoms with Gasteiger partial charge >= 0.3 is 0 Å². The normalized spacial score (nSPS) is 11.5. The second kappa shape index (κ2) is 10.2. The molecule has 118 valence electrons. The maximum Gasteiger partial charge on any atom is 0.193 e. The minimum absolute atomic E-state index is 0.621. The van der Waals surface area contributed by atoms with Crippen LogP contribution in [0, 0.1) is 6.92 Å². The van der Waals surface area contributed by atoms with Crippen molar-refractivity contribution >= 4 is 5.96 Å². The zero-order valence-electron chi connectivity index (χ0n) is 13.6. The first-order valence-corrected chi connectivity index (χ1v) is 7.21. The molecule has 21 heavy (non-hydrogen) atoms. The number of benzene rings is 1. The predicted octanol–water partition coefficient (Wildman–Crippen LogP) is 1.67. The van der Waals surface area contributed by atoms with Crippen molar-refractivity contribution < 1.29 is 9.47 Å². The third-order valence-electron chi connectivity index (χ3n) is 3.08. The maximum absolute atomic E-state index is 5.42. The quantitative estimate of drug-likeness (QED) is 0.450. The van der Waals surface area contributed by atoms with E-state index >= 15 is 0 Å². The molecule has 1 aromatic carbocycles. The molecule has 5 heteroatoms. The van der Waals surface area contributed by atoms with Gasteiger partial charge in [0.15, 0.2) is 5.96 Å². The topological polar surface area (TPSA) is 46.1 Å². The van der Waals surface area contributed by atoms with Crippen molar-refractivity contribution in [1.82, 2.24) is 10.2 Å². The van der Waals surface area contributed by atoms with E-state index in [-0.39, 0.29) is 0 Å². The molecular weight excluding hydrogens is 266 g/mol. The molecule has 1 N–H and O–H groups in total. The van der Waals surface area contributed by atoms with Crippen LogP contribution < -0.4 is 5.32 Å². The van der Waals surface area contributed by atoms with Gasteiger partial charge in [0.2, 0.25) is 0 Å². The van der Waals surface area contributed by atoms with Crippen LogP contribution in [0.1, 0.15) is 11.1 Å². The molecule has 1 aromatic rings. The van der Waals surface area contributed by atoms with Crippen LogP contribution in [0.2, 0.25) is 0 Å². The number of methoxy groups -OCH3 is 1. The smallest absolute Gasteiger partial charge is 0.193 e. The molecule has 0 aliphatic carbocycles. The SMILES string of the molecule is CN=C(NCCOCCOC)N(C)Cc1ccc(C)cc1. The lowest BCUT2D eigenvalue weighted by molar-refractivity contribution is 0.0731. The van der Waals surface area contributed by atoms with Gasteiger partial charge in [0.05, 0.1) is 19.8 Å². The molecule has 0 fully saturated rings. The summed E-state index contributed by atoms with van der Waals surface area (Å²) in [6.07, 6.45) is 0. The van der Waals surface area contributed by atoms with Crippen LogP contribution in [0.4, 0.5) is 0 Å². The second-order valence-corrected chi connectivity index (χ2v) is 4.92. The van der Waals surface area contributed by atoms with E-state index in [4.69, 9.17) is 9.47 Å². The largest absolute Gasteiger partial charge is 0.382 e. The van der Waals surface area contributed by atoms with E-state index in [0.717, 1.165) is 19.0 Å². The van der Waals surface area contributed by atoms with Gasteiger partial charge in [-0.2, -0.15) is 0 Å². The molecule has 0 heterocycles. The molecule has 0 aliphatic heterocycles. The molecular formula is C16H27N3O2. The molecule has 0 radical (unpaired) electrons. The van der Waals surface area contributed by atoms with Crippen LogP contribution in [-0.4, -0.2) is 58.4 Å². The summed E-state index contributed by atoms with van der Waals surface area (Å²) in [5.41, 5.74) is 2.54. The minimum Gasteiger partial charge on any atom is -0.382 e. The highest BCUT2D eigenvalue weighted by molar-refractivity contribution is 5.79. The zero-order chi connectivity index (χ0) is 15.5. The highest BCUT2D eigenvalue weighted by Crippen LogP contribution is 2.05. The van der Waals surface area contributed by atoms with Crippen LogP contribution in [0.25, 0.3) is 0 Å². The van der Waals surface area contributed by atoms with Gasteiger partial charge in [0.25, 0.3) is 0 Å². The number of aliphatic imine (C=N–C) groups is 1. The number of rotatable bonds is 8. The van der Waals surface area contributed by atoms with Crippen LogP contribution in [0.5, 0.6) is 0 Å². The molecule has 0 atom stereocenters. The number of guanidine groups is 1. The number of aryl methyl sites for hydroxylation is 1. The minimum atomic E-state index is 0.621. The molecule has 5 nitrogen and oxygen atoms in total. The Morgan fingerprint density at radius 3 is 2.52 bits per heavy atom. The monoisotopic (exact) mass is 293 g/mol. The van der Waals surface area contributed by atoms with Crippen molar-refractivity contribution in [1.29, 1.82) is 0 Å². The number of ether oxygens (including phenoxy) is 2. The third-order valence-corrected chi connectivity index (χ3v) is 3.08. The Labute approximate surface area is 128 Å². The molecule has 0 bridgehead atoms. The average molecular weight is 293 g/mol. The molecule has 0 aromatic heterocycles. The second-order valence-electron chi connectivity index (χ2n) is 4.92. The van der Waals surface area contributed by atoms with Gasteiger partial charge in [-0.15, -0.1) is 0 Å². The van der Waals surface area contributed by atoms with Gasteiger partial charge in [-0.25, -0.2) is 0 Å². The first-order chi connectivity index (χ1) is 10.2. The van der Waals surface area contributed by atoms with E-state index in [2.05, 4.69) is 46.4 Å². The van der Waals surface area contributed by atoms with E-state index in [9.17, 15) is 0 Å². The number of nitrogens with zero attached hydrogens (tertiary/aromatic N) is 2. The van der Waals surface area contributed by atoms with E-state index < -0.39 is 0 Å². The van der Waals surface area contributed by atoms with Gasteiger partial charge in [0, 0.05) is 34.3 Å². The Kier molecular flexibility index (Phi) is 8.47. The molecule has 0 saturated carbocycles. The van der Waals surface area contributed by atoms with Crippen LogP contribution in [-0.2, 0) is 16.0 Å². The molecule has 0 unspecified atom stereocenters. The third kappa shape index (κ3) is 7.11. The Morgan fingerprint density at radius 2 is 1.90 bits per heavy atom. The molecule has 1 rings (SSSR count). The summed E-state index contributed by atoms with van der Waals surface area (Å²) in [5, 5.41) is 3.29. The van der Waals surface area contributed by atoms with Crippen molar-refractivity contribution in [2.24, 2.45) is 4.99 Å². The van der Waals surface area contributed by atoms with Gasteiger partial charge in [0.1, 0.15) is 0 Å². The maximum atomic E-state index is 5.42. The number of hydrogen-bond donors (Lipinski definition) is 1. The van der Waals surface area contributed by atoms with E-state index in [1.54, 1.807) is 14.2 Å². The summed E-state index contributed by atoms with van der Waals surface area (Å²) in [6.45, 7) is 5.54. The lowest BCUT2D eigenvalue weighted by Gasteiger charge is -2.22. The predicted molar refractivity (Wildman–Crippen MR) is 86.7 cm³/mol. The van der Waals surface area contributed by atoms with Crippen LogP contribution in [0.15, 0.2) is 29.3 Å². The number of hydrogen-bond acceptors (Lipinski definition) is 3. The van der Waals surface area contributed by atoms with E-state index in [1.165, 1.54) is 11.1 Å². The van der Waals surface area contributed by atoms with E-state index in [1.807, 2.05) is 7.05 Å². The van der Waals surface area contributed by atoms with Crippen molar-refractivity contribution in [3.05, 3.63) is 35.4 Å². The zero-order valence-corrected chi connectivity index (χ0v) is 13.6. The summed E-state index contributed by atoms with van der Waals surface area (Å²) in [6, 6.07) is 8.55. The lowest BCUT2D eigenvalue weighted by Crippen LogP contribution is -2.40. The average Bonchev–Trinajstić information content (AvgIpc) is 2.49. The van der Waals surface area contributed by atoms with Crippen molar-refractivity contribution in [2.45, 2.75) is 13.5 Å². The number of nitrogens with one attached hydrogen (secondary N) is 1. The summed E-state index contributed by atoms with van der Waals surface area (Å²) >= 11 is 0. The fourth-order valence-electron chi connectivity index (χ4n) is 1.91. The van der Waals surface area contributed by atoms with Gasteiger partial charge in [-0.05, 0) is 12.5 Å². The molecule has 0 saturated heterocycles. The summed E-state index contributed by atoms with van der Waals surface area (Å²) in [5.74, 6) is 0.867. The highest BCUT2D eigenvalue weighted by Gasteiger charge is 2.05. The van der Waals surface area contributed by atoms with Crippen molar-refractivity contribution in [3.8, 4) is 0 Å². The van der Waals surface area contributed by atoms with Crippen molar-refractivity contribution in [2.75, 3.05) is 47.6 Å². The fraction of sp³-hybridized carbons (Fsp3) is 0.562. The van der Waals surface area contributed by atoms with Gasteiger partial charge in [-0.3, -0.25) is 4.99 Å². The molecule has 0 spiro atoms. The van der Waals surface area contributed by atoms with E-state index in [0.29, 0.717) is 19.8 Å². The van der Waals surface area contributed by atoms with Crippen LogP contribution in [0.3, 0.4) is 0 Å². The first kappa shape index (κ1) is 17.5. The highest BCUT2D eigenvalue weighted by atomic mass is 16.5. The van der Waals surface area contributed by atoms with Gasteiger partial charge < -0.3 is 19.7 Å². The lowest BCUT2D eigenvalue weighted by atomic mass is 10.1. The summed E-state index contributed by atoms with van der Waals surface area (Å²) in [7, 11) is 5.49. The standard InChI is InChI=1S/C16H27N3O2/c1-14-5-7-15(8-6-14)13-19(3)16(17-2)18-9-10-21-12-11-20-4/h5-8H,9-13H2,1-4H3,(H,17,18). The Morgan fingerprint density at radius 1 is 1.19 bits per heavy atom. The van der Waals surface area contributed by atoms with Crippen LogP contribution >= 0.6 is 0 Å². The summed E-state index contributed by atoms with van der Waals surface area (Å²) < 4.78 is 10.3. The molecule has 0 amide bonds. The Balaban J connectivity index is 2.32. The molecule has 0 aliphatic rings. The Bertz CT molecular complexity index is 418. The van der Waals surface area contributed by atoms with Crippen molar-refractivity contribution in [3.63, 3.8) is 0 Å². The fourth-order valence-corrected chi connectivity index (χ4v) is 1.91. The van der Waals surface area contributed by atoms with Gasteiger partial charge in [-0.1, -0.05) is 29.8 Å². The first-order valence-electron chi connectivity index (χ1n) is 7.21.